The minimum Gasteiger partial charge on any atom is -0.382 e. The number of benzene rings is 2. The molecule has 0 unspecified atom stereocenters. The van der Waals surface area contributed by atoms with Crippen LogP contribution in [0.1, 0.15) is 37.1 Å². The monoisotopic (exact) mass is 486 g/mol. The number of hydrogen-bond donors (Lipinski definition) is 0. The quantitative estimate of drug-likeness (QED) is 0.253. The van der Waals surface area contributed by atoms with E-state index in [1.54, 1.807) is 33.1 Å². The number of rotatable bonds is 12. The number of anilines is 1. The molecule has 0 spiro atoms. The van der Waals surface area contributed by atoms with Gasteiger partial charge < -0.3 is 14.0 Å². The van der Waals surface area contributed by atoms with E-state index in [1.165, 1.54) is 5.56 Å². The molecule has 0 saturated heterocycles. The minimum atomic E-state index is -4.03. The Morgan fingerprint density at radius 1 is 1.03 bits per heavy atom. The smallest absolute Gasteiger partial charge is 0.269 e. The summed E-state index contributed by atoms with van der Waals surface area (Å²) in [4.78, 5) is 0.175. The molecule has 0 aliphatic rings. The zero-order valence-electron chi connectivity index (χ0n) is 20.6. The molecule has 0 N–H and O–H groups in total. The standard InChI is InChI=1S/C26H34N2O5S/c1-19(2)10-11-22-12-14-23(15-13-22)24-8-6-7-9-25(24)34(29,30)28(18-32-17-16-31-5)26-20(3)21(4)27-33-26/h6-9,12-15,19H,10-11,16-18H2,1-5H3. The van der Waals surface area contributed by atoms with Crippen molar-refractivity contribution in [3.05, 3.63) is 65.4 Å². The van der Waals surface area contributed by atoms with Crippen molar-refractivity contribution in [1.82, 2.24) is 5.16 Å². The van der Waals surface area contributed by atoms with Gasteiger partial charge in [-0.1, -0.05) is 61.5 Å². The van der Waals surface area contributed by atoms with E-state index in [2.05, 4.69) is 31.1 Å². The van der Waals surface area contributed by atoms with Crippen molar-refractivity contribution in [1.29, 1.82) is 0 Å². The van der Waals surface area contributed by atoms with Crippen molar-refractivity contribution >= 4 is 15.9 Å². The molecule has 7 nitrogen and oxygen atoms in total. The first-order chi connectivity index (χ1) is 16.3. The van der Waals surface area contributed by atoms with Crippen molar-refractivity contribution in [2.45, 2.75) is 45.4 Å². The summed E-state index contributed by atoms with van der Waals surface area (Å²) < 4.78 is 45.0. The average molecular weight is 487 g/mol. The maximum absolute atomic E-state index is 13.9. The molecule has 0 aliphatic heterocycles. The first-order valence-corrected chi connectivity index (χ1v) is 12.9. The summed E-state index contributed by atoms with van der Waals surface area (Å²) in [6.07, 6.45) is 2.10. The van der Waals surface area contributed by atoms with Gasteiger partial charge in [-0.3, -0.25) is 0 Å². The van der Waals surface area contributed by atoms with Gasteiger partial charge in [0.05, 0.1) is 23.8 Å². The third-order valence-electron chi connectivity index (χ3n) is 5.73. The summed E-state index contributed by atoms with van der Waals surface area (Å²) in [6, 6.07) is 15.1. The van der Waals surface area contributed by atoms with E-state index in [1.807, 2.05) is 24.3 Å². The van der Waals surface area contributed by atoms with E-state index in [9.17, 15) is 8.42 Å². The van der Waals surface area contributed by atoms with Gasteiger partial charge in [0.2, 0.25) is 5.88 Å². The zero-order valence-corrected chi connectivity index (χ0v) is 21.4. The van der Waals surface area contributed by atoms with Crippen LogP contribution in [0.15, 0.2) is 57.9 Å². The van der Waals surface area contributed by atoms with E-state index in [0.29, 0.717) is 29.3 Å². The Morgan fingerprint density at radius 3 is 2.35 bits per heavy atom. The molecule has 0 amide bonds. The lowest BCUT2D eigenvalue weighted by atomic mass is 9.99. The van der Waals surface area contributed by atoms with Crippen LogP contribution in [0.3, 0.4) is 0 Å². The molecule has 3 rings (SSSR count). The fourth-order valence-electron chi connectivity index (χ4n) is 3.52. The van der Waals surface area contributed by atoms with Gasteiger partial charge in [0.15, 0.2) is 0 Å². The maximum Gasteiger partial charge on any atom is 0.269 e. The number of hydrogen-bond acceptors (Lipinski definition) is 6. The summed E-state index contributed by atoms with van der Waals surface area (Å²) in [7, 11) is -2.47. The van der Waals surface area contributed by atoms with Crippen molar-refractivity contribution < 1.29 is 22.4 Å². The third kappa shape index (κ3) is 6.05. The number of sulfonamides is 1. The fourth-order valence-corrected chi connectivity index (χ4v) is 5.07. The van der Waals surface area contributed by atoms with Crippen LogP contribution in [0, 0.1) is 19.8 Å². The van der Waals surface area contributed by atoms with Crippen molar-refractivity contribution in [2.24, 2.45) is 5.92 Å². The lowest BCUT2D eigenvalue weighted by Crippen LogP contribution is -2.34. The molecule has 1 heterocycles. The second-order valence-corrected chi connectivity index (χ2v) is 10.5. The van der Waals surface area contributed by atoms with Gasteiger partial charge in [0.1, 0.15) is 6.73 Å². The molecule has 2 aromatic carbocycles. The van der Waals surface area contributed by atoms with E-state index < -0.39 is 10.0 Å². The molecular formula is C26H34N2O5S. The summed E-state index contributed by atoms with van der Waals surface area (Å²) in [5.41, 5.74) is 3.95. The Labute approximate surface area is 202 Å². The molecular weight excluding hydrogens is 452 g/mol. The second-order valence-electron chi connectivity index (χ2n) is 8.71. The number of methoxy groups -OCH3 is 1. The Bertz CT molecular complexity index is 1170. The van der Waals surface area contributed by atoms with Crippen LogP contribution < -0.4 is 4.31 Å². The number of nitrogens with zero attached hydrogens (tertiary/aromatic N) is 2. The second kappa shape index (κ2) is 11.6. The summed E-state index contributed by atoms with van der Waals surface area (Å²) >= 11 is 0. The lowest BCUT2D eigenvalue weighted by molar-refractivity contribution is 0.0744. The first-order valence-electron chi connectivity index (χ1n) is 11.5. The Hall–Kier alpha value is -2.68. The van der Waals surface area contributed by atoms with E-state index in [4.69, 9.17) is 14.0 Å². The van der Waals surface area contributed by atoms with E-state index in [-0.39, 0.29) is 24.1 Å². The van der Waals surface area contributed by atoms with Crippen LogP contribution in [0.4, 0.5) is 5.88 Å². The van der Waals surface area contributed by atoms with Crippen molar-refractivity contribution in [3.63, 3.8) is 0 Å². The minimum absolute atomic E-state index is 0.147. The first kappa shape index (κ1) is 25.9. The third-order valence-corrected chi connectivity index (χ3v) is 7.49. The topological polar surface area (TPSA) is 81.9 Å². The van der Waals surface area contributed by atoms with Crippen LogP contribution in [0.2, 0.25) is 0 Å². The number of aryl methyl sites for hydroxylation is 2. The van der Waals surface area contributed by atoms with Gasteiger partial charge in [-0.25, -0.2) is 12.7 Å². The van der Waals surface area contributed by atoms with Crippen LogP contribution in [-0.4, -0.2) is 40.6 Å². The van der Waals surface area contributed by atoms with E-state index in [0.717, 1.165) is 22.7 Å². The van der Waals surface area contributed by atoms with Gasteiger partial charge in [-0.15, -0.1) is 0 Å². The predicted octanol–water partition coefficient (Wildman–Crippen LogP) is 5.36. The normalized spacial score (nSPS) is 11.8. The van der Waals surface area contributed by atoms with Crippen LogP contribution in [0.5, 0.6) is 0 Å². The Kier molecular flexibility index (Phi) is 8.88. The number of ether oxygens (including phenoxy) is 2. The fraction of sp³-hybridized carbons (Fsp3) is 0.423. The SMILES string of the molecule is COCCOCN(c1onc(C)c1C)S(=O)(=O)c1ccccc1-c1ccc(CCC(C)C)cc1. The highest BCUT2D eigenvalue weighted by molar-refractivity contribution is 7.93. The van der Waals surface area contributed by atoms with Gasteiger partial charge in [0, 0.05) is 18.2 Å². The van der Waals surface area contributed by atoms with E-state index >= 15 is 0 Å². The van der Waals surface area contributed by atoms with Gasteiger partial charge >= 0.3 is 0 Å². The van der Waals surface area contributed by atoms with Gasteiger partial charge in [-0.05, 0) is 49.8 Å². The molecule has 8 heteroatoms. The molecule has 3 aromatic rings. The highest BCUT2D eigenvalue weighted by atomic mass is 32.2. The molecule has 34 heavy (non-hydrogen) atoms. The van der Waals surface area contributed by atoms with Crippen LogP contribution >= 0.6 is 0 Å². The summed E-state index contributed by atoms with van der Waals surface area (Å²) in [6.45, 7) is 8.34. The highest BCUT2D eigenvalue weighted by Crippen LogP contribution is 2.34. The van der Waals surface area contributed by atoms with Gasteiger partial charge in [-0.2, -0.15) is 0 Å². The van der Waals surface area contributed by atoms with Crippen LogP contribution in [-0.2, 0) is 25.9 Å². The molecule has 184 valence electrons. The molecule has 0 atom stereocenters. The molecule has 0 saturated carbocycles. The van der Waals surface area contributed by atoms with Crippen molar-refractivity contribution in [3.8, 4) is 11.1 Å². The molecule has 0 bridgehead atoms. The molecule has 0 radical (unpaired) electrons. The predicted molar refractivity (Wildman–Crippen MR) is 133 cm³/mol. The van der Waals surface area contributed by atoms with Crippen LogP contribution in [0.25, 0.3) is 11.1 Å². The zero-order chi connectivity index (χ0) is 24.7. The molecule has 1 aromatic heterocycles. The largest absolute Gasteiger partial charge is 0.382 e. The summed E-state index contributed by atoms with van der Waals surface area (Å²) in [5, 5.41) is 3.95. The maximum atomic E-state index is 13.9. The molecule has 0 aliphatic carbocycles. The number of aromatic nitrogens is 1. The summed E-state index contributed by atoms with van der Waals surface area (Å²) in [5.74, 6) is 0.777. The van der Waals surface area contributed by atoms with Gasteiger partial charge in [0.25, 0.3) is 10.0 Å². The Morgan fingerprint density at radius 2 is 1.74 bits per heavy atom. The average Bonchev–Trinajstić information content (AvgIpc) is 3.15. The highest BCUT2D eigenvalue weighted by Gasteiger charge is 2.32. The molecule has 0 fully saturated rings. The lowest BCUT2D eigenvalue weighted by Gasteiger charge is -2.23. The Balaban J connectivity index is 1.98. The van der Waals surface area contributed by atoms with Crippen molar-refractivity contribution in [2.75, 3.05) is 31.4 Å².